The molecule has 0 amide bonds. The van der Waals surface area contributed by atoms with Crippen molar-refractivity contribution in [2.24, 2.45) is 5.41 Å². The maximum atomic E-state index is 10.6. The van der Waals surface area contributed by atoms with Gasteiger partial charge in [-0.2, -0.15) is 5.26 Å². The number of carbonyl (C=O) groups excluding carboxylic acids is 1. The van der Waals surface area contributed by atoms with E-state index in [0.29, 0.717) is 6.42 Å². The van der Waals surface area contributed by atoms with Gasteiger partial charge in [0.2, 0.25) is 0 Å². The Hall–Kier alpha value is -1.04. The van der Waals surface area contributed by atoms with Crippen LogP contribution < -0.4 is 0 Å². The van der Waals surface area contributed by atoms with E-state index in [1.165, 1.54) is 6.92 Å². The summed E-state index contributed by atoms with van der Waals surface area (Å²) in [6, 6.07) is 2.12. The van der Waals surface area contributed by atoms with Gasteiger partial charge in [-0.25, -0.2) is 0 Å². The number of esters is 1. The van der Waals surface area contributed by atoms with Gasteiger partial charge in [0.15, 0.2) is 0 Å². The van der Waals surface area contributed by atoms with Crippen LogP contribution in [0, 0.1) is 16.7 Å². The zero-order chi connectivity index (χ0) is 9.78. The highest BCUT2D eigenvalue weighted by Gasteiger charge is 2.30. The summed E-state index contributed by atoms with van der Waals surface area (Å²) in [4.78, 5) is 10.6. The number of hydrogen-bond acceptors (Lipinski definition) is 3. The smallest absolute Gasteiger partial charge is 0.302 e. The minimum Gasteiger partial charge on any atom is -0.461 e. The highest BCUT2D eigenvalue weighted by molar-refractivity contribution is 5.66. The minimum atomic E-state index is -0.597. The van der Waals surface area contributed by atoms with Crippen molar-refractivity contribution in [3.05, 3.63) is 0 Å². The second kappa shape index (κ2) is 4.10. The monoisotopic (exact) mass is 169 g/mol. The highest BCUT2D eigenvalue weighted by Crippen LogP contribution is 2.24. The molecular formula is C9H15NO2. The Labute approximate surface area is 73.3 Å². The van der Waals surface area contributed by atoms with E-state index in [2.05, 4.69) is 6.07 Å². The summed E-state index contributed by atoms with van der Waals surface area (Å²) in [7, 11) is 0. The van der Waals surface area contributed by atoms with Crippen LogP contribution in [0.5, 0.6) is 0 Å². The molecule has 0 aliphatic rings. The van der Waals surface area contributed by atoms with Crippen molar-refractivity contribution < 1.29 is 9.53 Å². The van der Waals surface area contributed by atoms with Crippen LogP contribution in [0.4, 0.5) is 0 Å². The van der Waals surface area contributed by atoms with E-state index < -0.39 is 5.41 Å². The van der Waals surface area contributed by atoms with Gasteiger partial charge in [-0.15, -0.1) is 0 Å². The first-order valence-corrected chi connectivity index (χ1v) is 4.02. The molecule has 0 aliphatic heterocycles. The van der Waals surface area contributed by atoms with E-state index in [4.69, 9.17) is 10.00 Å². The SMILES string of the molecule is CCC(OC(C)=O)C(C)(C)C#N. The second-order valence-electron chi connectivity index (χ2n) is 3.34. The summed E-state index contributed by atoms with van der Waals surface area (Å²) in [5.74, 6) is -0.329. The fourth-order valence-electron chi connectivity index (χ4n) is 1.01. The van der Waals surface area contributed by atoms with Gasteiger partial charge in [-0.1, -0.05) is 6.92 Å². The van der Waals surface area contributed by atoms with Crippen molar-refractivity contribution in [1.82, 2.24) is 0 Å². The molecule has 1 atom stereocenters. The molecule has 0 saturated heterocycles. The topological polar surface area (TPSA) is 50.1 Å². The van der Waals surface area contributed by atoms with Crippen molar-refractivity contribution in [1.29, 1.82) is 5.26 Å². The van der Waals surface area contributed by atoms with E-state index in [-0.39, 0.29) is 12.1 Å². The molecule has 0 bridgehead atoms. The van der Waals surface area contributed by atoms with Crippen molar-refractivity contribution in [2.45, 2.75) is 40.2 Å². The molecule has 0 aromatic heterocycles. The third-order valence-electron chi connectivity index (χ3n) is 1.77. The zero-order valence-electron chi connectivity index (χ0n) is 8.05. The first kappa shape index (κ1) is 11.0. The lowest BCUT2D eigenvalue weighted by molar-refractivity contribution is -0.150. The summed E-state index contributed by atoms with van der Waals surface area (Å²) in [5, 5.41) is 8.77. The minimum absolute atomic E-state index is 0.306. The van der Waals surface area contributed by atoms with Gasteiger partial charge in [-0.05, 0) is 20.3 Å². The first-order valence-electron chi connectivity index (χ1n) is 4.02. The Morgan fingerprint density at radius 2 is 2.17 bits per heavy atom. The average Bonchev–Trinajstić information content (AvgIpc) is 1.99. The molecule has 0 aromatic carbocycles. The maximum absolute atomic E-state index is 10.6. The Morgan fingerprint density at radius 1 is 1.67 bits per heavy atom. The summed E-state index contributed by atoms with van der Waals surface area (Å²) in [6.45, 7) is 6.79. The molecule has 3 heteroatoms. The molecule has 12 heavy (non-hydrogen) atoms. The quantitative estimate of drug-likeness (QED) is 0.606. The molecule has 0 N–H and O–H groups in total. The summed E-state index contributed by atoms with van der Waals surface area (Å²) < 4.78 is 4.99. The Balaban J connectivity index is 4.36. The van der Waals surface area contributed by atoms with Crippen LogP contribution >= 0.6 is 0 Å². The second-order valence-corrected chi connectivity index (χ2v) is 3.34. The predicted molar refractivity (Wildman–Crippen MR) is 45.2 cm³/mol. The van der Waals surface area contributed by atoms with Crippen LogP contribution in [0.15, 0.2) is 0 Å². The number of carbonyl (C=O) groups is 1. The molecule has 0 aromatic rings. The van der Waals surface area contributed by atoms with Crippen molar-refractivity contribution in [2.75, 3.05) is 0 Å². The van der Waals surface area contributed by atoms with Crippen molar-refractivity contribution in [3.63, 3.8) is 0 Å². The maximum Gasteiger partial charge on any atom is 0.302 e. The first-order chi connectivity index (χ1) is 5.44. The molecule has 0 saturated carbocycles. The molecule has 0 spiro atoms. The van der Waals surface area contributed by atoms with Gasteiger partial charge >= 0.3 is 5.97 Å². The van der Waals surface area contributed by atoms with Crippen LogP contribution in [-0.2, 0) is 9.53 Å². The van der Waals surface area contributed by atoms with Crippen LogP contribution in [0.1, 0.15) is 34.1 Å². The molecule has 1 unspecified atom stereocenters. The predicted octanol–water partition coefficient (Wildman–Crippen LogP) is 1.88. The zero-order valence-corrected chi connectivity index (χ0v) is 8.05. The molecule has 68 valence electrons. The Bertz CT molecular complexity index is 203. The third kappa shape index (κ3) is 2.91. The number of hydrogen-bond donors (Lipinski definition) is 0. The molecule has 0 fully saturated rings. The number of ether oxygens (including phenoxy) is 1. The molecular weight excluding hydrogens is 154 g/mol. The summed E-state index contributed by atoms with van der Waals surface area (Å²) in [6.07, 6.45) is 0.361. The van der Waals surface area contributed by atoms with Gasteiger partial charge in [-0.3, -0.25) is 4.79 Å². The fourth-order valence-corrected chi connectivity index (χ4v) is 1.01. The van der Waals surface area contributed by atoms with Crippen LogP contribution in [-0.4, -0.2) is 12.1 Å². The highest BCUT2D eigenvalue weighted by atomic mass is 16.5. The van der Waals surface area contributed by atoms with E-state index in [1.807, 2.05) is 6.92 Å². The van der Waals surface area contributed by atoms with Gasteiger partial charge in [0.1, 0.15) is 6.10 Å². The van der Waals surface area contributed by atoms with Gasteiger partial charge in [0.25, 0.3) is 0 Å². The standard InChI is InChI=1S/C9H15NO2/c1-5-8(12-7(2)11)9(3,4)6-10/h8H,5H2,1-4H3. The lowest BCUT2D eigenvalue weighted by Gasteiger charge is -2.25. The largest absolute Gasteiger partial charge is 0.461 e. The van der Waals surface area contributed by atoms with Gasteiger partial charge < -0.3 is 4.74 Å². The average molecular weight is 169 g/mol. The number of rotatable bonds is 3. The fraction of sp³-hybridized carbons (Fsp3) is 0.778. The summed E-state index contributed by atoms with van der Waals surface area (Å²) in [5.41, 5.74) is -0.597. The van der Waals surface area contributed by atoms with Gasteiger partial charge in [0, 0.05) is 6.92 Å². The van der Waals surface area contributed by atoms with Crippen LogP contribution in [0.3, 0.4) is 0 Å². The van der Waals surface area contributed by atoms with Crippen molar-refractivity contribution >= 4 is 5.97 Å². The van der Waals surface area contributed by atoms with Gasteiger partial charge in [0.05, 0.1) is 11.5 Å². The molecule has 3 nitrogen and oxygen atoms in total. The molecule has 0 radical (unpaired) electrons. The normalized spacial score (nSPS) is 13.2. The van der Waals surface area contributed by atoms with Crippen LogP contribution in [0.25, 0.3) is 0 Å². The number of nitrogens with zero attached hydrogens (tertiary/aromatic N) is 1. The number of nitriles is 1. The molecule has 0 aliphatic carbocycles. The van der Waals surface area contributed by atoms with E-state index >= 15 is 0 Å². The summed E-state index contributed by atoms with van der Waals surface area (Å²) >= 11 is 0. The third-order valence-corrected chi connectivity index (χ3v) is 1.77. The Morgan fingerprint density at radius 3 is 2.42 bits per heavy atom. The van der Waals surface area contributed by atoms with Crippen molar-refractivity contribution in [3.8, 4) is 6.07 Å². The van der Waals surface area contributed by atoms with E-state index in [1.54, 1.807) is 13.8 Å². The Kier molecular flexibility index (Phi) is 3.75. The molecule has 0 heterocycles. The van der Waals surface area contributed by atoms with Crippen LogP contribution in [0.2, 0.25) is 0 Å². The lowest BCUT2D eigenvalue weighted by atomic mass is 9.87. The lowest BCUT2D eigenvalue weighted by Crippen LogP contribution is -2.31. The van der Waals surface area contributed by atoms with E-state index in [9.17, 15) is 4.79 Å². The van der Waals surface area contributed by atoms with E-state index in [0.717, 1.165) is 0 Å². The molecule has 0 rings (SSSR count).